The number of nitrogens with zero attached hydrogens (tertiary/aromatic N) is 2. The van der Waals surface area contributed by atoms with Gasteiger partial charge in [0, 0.05) is 11.2 Å². The number of benzene rings is 2. The molecule has 0 atom stereocenters. The van der Waals surface area contributed by atoms with Crippen LogP contribution in [0.4, 0.5) is 5.82 Å². The van der Waals surface area contributed by atoms with Crippen LogP contribution in [0.1, 0.15) is 11.1 Å². The first-order valence-corrected chi connectivity index (χ1v) is 9.18. The summed E-state index contributed by atoms with van der Waals surface area (Å²) in [7, 11) is 1.62. The van der Waals surface area contributed by atoms with Gasteiger partial charge in [0.25, 0.3) is 5.91 Å². The van der Waals surface area contributed by atoms with E-state index in [2.05, 4.69) is 4.98 Å². The zero-order valence-electron chi connectivity index (χ0n) is 15.8. The second-order valence-electron chi connectivity index (χ2n) is 6.22. The van der Waals surface area contributed by atoms with Crippen molar-refractivity contribution in [1.29, 1.82) is 0 Å². The first-order chi connectivity index (χ1) is 13.6. The molecular formula is C22H21ClN2O3. The van der Waals surface area contributed by atoms with Gasteiger partial charge in [-0.3, -0.25) is 9.69 Å². The lowest BCUT2D eigenvalue weighted by atomic mass is 10.2. The molecule has 0 aliphatic heterocycles. The molecular weight excluding hydrogens is 376 g/mol. The number of pyridine rings is 1. The van der Waals surface area contributed by atoms with Gasteiger partial charge in [-0.15, -0.1) is 0 Å². The summed E-state index contributed by atoms with van der Waals surface area (Å²) in [6.07, 6.45) is 1.66. The van der Waals surface area contributed by atoms with Crippen molar-refractivity contribution in [3.8, 4) is 11.5 Å². The second-order valence-corrected chi connectivity index (χ2v) is 6.62. The van der Waals surface area contributed by atoms with Crippen LogP contribution >= 0.6 is 11.6 Å². The number of halogens is 1. The largest absolute Gasteiger partial charge is 0.497 e. The standard InChI is InChI=1S/C22H21ClN2O3/c1-16-13-19(10-11-20(16)23)28-15-22(26)25(21-5-3-4-12-24-21)14-17-6-8-18(27-2)9-7-17/h3-13H,14-15H2,1-2H3. The summed E-state index contributed by atoms with van der Waals surface area (Å²) in [6, 6.07) is 18.3. The topological polar surface area (TPSA) is 51.7 Å². The SMILES string of the molecule is COc1ccc(CN(C(=O)COc2ccc(Cl)c(C)c2)c2ccccn2)cc1. The number of aryl methyl sites for hydroxylation is 1. The fourth-order valence-corrected chi connectivity index (χ4v) is 2.77. The fourth-order valence-electron chi connectivity index (χ4n) is 2.65. The lowest BCUT2D eigenvalue weighted by molar-refractivity contribution is -0.120. The highest BCUT2D eigenvalue weighted by atomic mass is 35.5. The molecule has 0 bridgehead atoms. The minimum atomic E-state index is -0.192. The number of methoxy groups -OCH3 is 1. The van der Waals surface area contributed by atoms with Crippen LogP contribution in [0.15, 0.2) is 66.9 Å². The van der Waals surface area contributed by atoms with Gasteiger partial charge >= 0.3 is 0 Å². The van der Waals surface area contributed by atoms with Gasteiger partial charge in [-0.25, -0.2) is 4.98 Å². The Morgan fingerprint density at radius 3 is 2.46 bits per heavy atom. The molecule has 3 rings (SSSR count). The third kappa shape index (κ3) is 5.02. The Balaban J connectivity index is 1.75. The average Bonchev–Trinajstić information content (AvgIpc) is 2.73. The lowest BCUT2D eigenvalue weighted by Crippen LogP contribution is -2.35. The highest BCUT2D eigenvalue weighted by molar-refractivity contribution is 6.31. The van der Waals surface area contributed by atoms with Crippen molar-refractivity contribution in [3.05, 3.63) is 83.0 Å². The zero-order chi connectivity index (χ0) is 19.9. The molecule has 2 aromatic carbocycles. The second kappa shape index (κ2) is 9.24. The number of carbonyl (C=O) groups is 1. The van der Waals surface area contributed by atoms with Gasteiger partial charge in [-0.1, -0.05) is 29.8 Å². The first-order valence-electron chi connectivity index (χ1n) is 8.80. The van der Waals surface area contributed by atoms with E-state index < -0.39 is 0 Å². The van der Waals surface area contributed by atoms with Gasteiger partial charge in [0.1, 0.15) is 17.3 Å². The third-order valence-electron chi connectivity index (χ3n) is 4.22. The molecule has 0 aliphatic carbocycles. The van der Waals surface area contributed by atoms with Crippen molar-refractivity contribution in [2.75, 3.05) is 18.6 Å². The minimum Gasteiger partial charge on any atom is -0.497 e. The molecule has 0 saturated carbocycles. The lowest BCUT2D eigenvalue weighted by Gasteiger charge is -2.22. The third-order valence-corrected chi connectivity index (χ3v) is 4.64. The quantitative estimate of drug-likeness (QED) is 0.582. The van der Waals surface area contributed by atoms with E-state index in [0.29, 0.717) is 23.1 Å². The Bertz CT molecular complexity index is 930. The first kappa shape index (κ1) is 19.7. The van der Waals surface area contributed by atoms with E-state index in [4.69, 9.17) is 21.1 Å². The molecule has 3 aromatic rings. The number of carbonyl (C=O) groups excluding carboxylic acids is 1. The summed E-state index contributed by atoms with van der Waals surface area (Å²) in [5, 5.41) is 0.660. The molecule has 0 unspecified atom stereocenters. The van der Waals surface area contributed by atoms with Crippen LogP contribution in [-0.2, 0) is 11.3 Å². The Morgan fingerprint density at radius 1 is 1.07 bits per heavy atom. The molecule has 0 saturated heterocycles. The van der Waals surface area contributed by atoms with Crippen LogP contribution in [0, 0.1) is 6.92 Å². The molecule has 28 heavy (non-hydrogen) atoms. The molecule has 0 radical (unpaired) electrons. The van der Waals surface area contributed by atoms with E-state index in [9.17, 15) is 4.79 Å². The number of hydrogen-bond acceptors (Lipinski definition) is 4. The molecule has 6 heteroatoms. The zero-order valence-corrected chi connectivity index (χ0v) is 16.5. The van der Waals surface area contributed by atoms with Crippen LogP contribution in [0.5, 0.6) is 11.5 Å². The summed E-state index contributed by atoms with van der Waals surface area (Å²) in [5.74, 6) is 1.74. The monoisotopic (exact) mass is 396 g/mol. The van der Waals surface area contributed by atoms with Crippen LogP contribution in [0.25, 0.3) is 0 Å². The van der Waals surface area contributed by atoms with Gasteiger partial charge in [-0.05, 0) is 60.5 Å². The molecule has 1 aromatic heterocycles. The Morgan fingerprint density at radius 2 is 1.82 bits per heavy atom. The van der Waals surface area contributed by atoms with Gasteiger partial charge in [-0.2, -0.15) is 0 Å². The highest BCUT2D eigenvalue weighted by Gasteiger charge is 2.18. The number of hydrogen-bond donors (Lipinski definition) is 0. The van der Waals surface area contributed by atoms with E-state index in [1.807, 2.05) is 49.4 Å². The van der Waals surface area contributed by atoms with Crippen molar-refractivity contribution in [3.63, 3.8) is 0 Å². The summed E-state index contributed by atoms with van der Waals surface area (Å²) in [5.41, 5.74) is 1.86. The summed E-state index contributed by atoms with van der Waals surface area (Å²) < 4.78 is 10.9. The van der Waals surface area contributed by atoms with Crippen molar-refractivity contribution in [1.82, 2.24) is 4.98 Å². The van der Waals surface area contributed by atoms with Crippen LogP contribution in [-0.4, -0.2) is 24.6 Å². The molecule has 1 amide bonds. The number of rotatable bonds is 7. The number of ether oxygens (including phenoxy) is 2. The van der Waals surface area contributed by atoms with E-state index in [1.165, 1.54) is 0 Å². The number of aromatic nitrogens is 1. The number of anilines is 1. The van der Waals surface area contributed by atoms with Crippen molar-refractivity contribution < 1.29 is 14.3 Å². The van der Waals surface area contributed by atoms with Crippen LogP contribution in [0.2, 0.25) is 5.02 Å². The molecule has 5 nitrogen and oxygen atoms in total. The van der Waals surface area contributed by atoms with E-state index in [1.54, 1.807) is 36.4 Å². The van der Waals surface area contributed by atoms with Crippen LogP contribution < -0.4 is 14.4 Å². The predicted octanol–water partition coefficient (Wildman–Crippen LogP) is 4.66. The fraction of sp³-hybridized carbons (Fsp3) is 0.182. The highest BCUT2D eigenvalue weighted by Crippen LogP contribution is 2.22. The Kier molecular flexibility index (Phi) is 6.50. The van der Waals surface area contributed by atoms with Crippen molar-refractivity contribution >= 4 is 23.3 Å². The Labute approximate surface area is 169 Å². The Hall–Kier alpha value is -3.05. The summed E-state index contributed by atoms with van der Waals surface area (Å²) in [4.78, 5) is 18.8. The van der Waals surface area contributed by atoms with Gasteiger partial charge < -0.3 is 9.47 Å². The summed E-state index contributed by atoms with van der Waals surface area (Å²) >= 11 is 6.04. The molecule has 0 aliphatic rings. The van der Waals surface area contributed by atoms with Crippen LogP contribution in [0.3, 0.4) is 0 Å². The van der Waals surface area contributed by atoms with Gasteiger partial charge in [0.2, 0.25) is 0 Å². The molecule has 0 spiro atoms. The average molecular weight is 397 g/mol. The molecule has 1 heterocycles. The van der Waals surface area contributed by atoms with E-state index in [-0.39, 0.29) is 12.5 Å². The molecule has 0 N–H and O–H groups in total. The maximum Gasteiger partial charge on any atom is 0.266 e. The minimum absolute atomic E-state index is 0.103. The smallest absolute Gasteiger partial charge is 0.266 e. The molecule has 144 valence electrons. The predicted molar refractivity (Wildman–Crippen MR) is 110 cm³/mol. The van der Waals surface area contributed by atoms with Gasteiger partial charge in [0.05, 0.1) is 13.7 Å². The molecule has 0 fully saturated rings. The van der Waals surface area contributed by atoms with Crippen molar-refractivity contribution in [2.45, 2.75) is 13.5 Å². The summed E-state index contributed by atoms with van der Waals surface area (Å²) in [6.45, 7) is 2.16. The van der Waals surface area contributed by atoms with E-state index in [0.717, 1.165) is 16.9 Å². The maximum atomic E-state index is 12.9. The maximum absolute atomic E-state index is 12.9. The van der Waals surface area contributed by atoms with Gasteiger partial charge in [0.15, 0.2) is 6.61 Å². The van der Waals surface area contributed by atoms with Crippen molar-refractivity contribution in [2.24, 2.45) is 0 Å². The number of amides is 1. The normalized spacial score (nSPS) is 10.4. The van der Waals surface area contributed by atoms with E-state index >= 15 is 0 Å².